The van der Waals surface area contributed by atoms with Gasteiger partial charge in [-0.3, -0.25) is 19.3 Å². The highest BCUT2D eigenvalue weighted by atomic mass is 16.4. The van der Waals surface area contributed by atoms with Crippen LogP contribution in [0, 0.1) is 0 Å². The highest BCUT2D eigenvalue weighted by molar-refractivity contribution is 5.91. The van der Waals surface area contributed by atoms with Gasteiger partial charge in [-0.15, -0.1) is 0 Å². The number of nitrogens with two attached hydrogens (primary N) is 1. The lowest BCUT2D eigenvalue weighted by atomic mass is 10.0. The number of rotatable bonds is 12. The molecule has 4 heterocycles. The van der Waals surface area contributed by atoms with Gasteiger partial charge in [0.25, 0.3) is 0 Å². The number of carbonyl (C=O) groups excluding carboxylic acids is 3. The Kier molecular flexibility index (Phi) is 11.0. The van der Waals surface area contributed by atoms with Gasteiger partial charge in [0.2, 0.25) is 23.6 Å². The van der Waals surface area contributed by atoms with E-state index in [1.54, 1.807) is 11.1 Å². The summed E-state index contributed by atoms with van der Waals surface area (Å²) in [6.45, 7) is 6.92. The smallest absolute Gasteiger partial charge is 0.250 e. The van der Waals surface area contributed by atoms with Gasteiger partial charge in [-0.2, -0.15) is 0 Å². The van der Waals surface area contributed by atoms with Crippen LogP contribution in [0.15, 0.2) is 120 Å². The quantitative estimate of drug-likeness (QED) is 0.0936. The van der Waals surface area contributed by atoms with Crippen LogP contribution in [-0.4, -0.2) is 80.6 Å². The predicted octanol–water partition coefficient (Wildman–Crippen LogP) is 7.23. The molecule has 0 spiro atoms. The molecule has 2 aromatic heterocycles. The minimum absolute atomic E-state index is 0.0535. The third-order valence-corrected chi connectivity index (χ3v) is 11.3. The van der Waals surface area contributed by atoms with Gasteiger partial charge in [0.1, 0.15) is 23.4 Å². The maximum Gasteiger partial charge on any atom is 0.250 e. The number of likely N-dealkylation sites (N-methyl/N-ethyl adjacent to an activating group) is 1. The number of para-hydroxylation sites is 1. The fourth-order valence-electron chi connectivity index (χ4n) is 8.46. The Morgan fingerprint density at radius 3 is 2.32 bits per heavy atom. The lowest BCUT2D eigenvalue weighted by Crippen LogP contribution is -2.45. The number of imidazole rings is 1. The molecule has 2 saturated heterocycles. The van der Waals surface area contributed by atoms with E-state index in [0.717, 1.165) is 59.3 Å². The molecule has 8 rings (SSSR count). The second kappa shape index (κ2) is 16.6. The van der Waals surface area contributed by atoms with Crippen LogP contribution in [0.4, 0.5) is 11.4 Å². The van der Waals surface area contributed by atoms with Crippen molar-refractivity contribution < 1.29 is 18.8 Å². The fraction of sp³-hybridized carbons (Fsp3) is 0.283. The highest BCUT2D eigenvalue weighted by Gasteiger charge is 2.38. The summed E-state index contributed by atoms with van der Waals surface area (Å²) in [6, 6.07) is 28.9. The molecule has 2 aliphatic rings. The molecule has 3 amide bonds. The molecule has 0 aliphatic carbocycles. The second-order valence-corrected chi connectivity index (χ2v) is 15.5. The van der Waals surface area contributed by atoms with Gasteiger partial charge in [0.15, 0.2) is 5.76 Å². The Morgan fingerprint density at radius 1 is 0.898 bits per heavy atom. The van der Waals surface area contributed by atoms with Crippen LogP contribution < -0.4 is 16.4 Å². The summed E-state index contributed by atoms with van der Waals surface area (Å²) < 4.78 is 6.35. The second-order valence-electron chi connectivity index (χ2n) is 15.5. The minimum atomic E-state index is -0.796. The topological polar surface area (TPSA) is 166 Å². The summed E-state index contributed by atoms with van der Waals surface area (Å²) in [5.41, 5.74) is 13.0. The fourth-order valence-corrected chi connectivity index (χ4v) is 8.46. The van der Waals surface area contributed by atoms with Crippen molar-refractivity contribution in [3.05, 3.63) is 132 Å². The Morgan fingerprint density at radius 2 is 1.61 bits per heavy atom. The van der Waals surface area contributed by atoms with Crippen LogP contribution in [0.5, 0.6) is 0 Å². The van der Waals surface area contributed by atoms with Crippen LogP contribution in [0.3, 0.4) is 0 Å². The summed E-state index contributed by atoms with van der Waals surface area (Å²) in [5, 5.41) is 6.18. The van der Waals surface area contributed by atoms with Gasteiger partial charge in [-0.05, 0) is 81.2 Å². The Hall–Kier alpha value is -6.73. The van der Waals surface area contributed by atoms with Gasteiger partial charge in [-0.1, -0.05) is 73.3 Å². The number of oxazole rings is 1. The van der Waals surface area contributed by atoms with Crippen molar-refractivity contribution in [1.82, 2.24) is 35.0 Å². The van der Waals surface area contributed by atoms with E-state index in [4.69, 9.17) is 15.1 Å². The number of nitrogens with one attached hydrogen (secondary N) is 3. The molecule has 4 atom stereocenters. The van der Waals surface area contributed by atoms with E-state index in [9.17, 15) is 14.4 Å². The van der Waals surface area contributed by atoms with Gasteiger partial charge in [0.05, 0.1) is 40.7 Å². The van der Waals surface area contributed by atoms with Crippen LogP contribution in [0.2, 0.25) is 0 Å². The number of benzene rings is 4. The SMILES string of the molecule is C=C(Nc1ccc(-c2cnc(-c3cccc4[nH]c([C@@H]5CCCN5C(=O)[C@@H](c5ccccc5)N(C)C)nc34)o2)cc1N)[C@@H]1CCCN1C(=O)[C@H](NC(C)=O)c1ccccc1. The average molecular weight is 792 g/mol. The number of likely N-dealkylation sites (tertiary alicyclic amines) is 2. The minimum Gasteiger partial charge on any atom is -0.436 e. The zero-order chi connectivity index (χ0) is 41.2. The predicted molar refractivity (Wildman–Crippen MR) is 228 cm³/mol. The Bertz CT molecular complexity index is 2500. The molecule has 59 heavy (non-hydrogen) atoms. The third-order valence-electron chi connectivity index (χ3n) is 11.3. The molecule has 0 bridgehead atoms. The van der Waals surface area contributed by atoms with Gasteiger partial charge < -0.3 is 35.6 Å². The van der Waals surface area contributed by atoms with E-state index in [0.29, 0.717) is 47.3 Å². The van der Waals surface area contributed by atoms with Crippen molar-refractivity contribution in [2.75, 3.05) is 38.2 Å². The van der Waals surface area contributed by atoms with Crippen molar-refractivity contribution >= 4 is 40.1 Å². The molecular formula is C46H49N9O4. The standard InChI is InChI=1S/C46H49N9O4/c1-28(37-20-12-24-54(37)45(57)40(50-29(2)56)30-14-7-5-8-15-30)49-35-23-22-32(26-34(35)47)39-27-48-44(59-39)33-18-11-19-36-41(33)52-43(51-36)38-21-13-25-55(38)46(58)42(53(3)4)31-16-9-6-10-17-31/h5-11,14-19,22-23,26-27,37-38,40,42,49H,1,12-13,20-21,24-25,47H2,2-4H3,(H,50,56)(H,51,52)/t37-,38-,40+,42+/m0/s1. The summed E-state index contributed by atoms with van der Waals surface area (Å²) in [7, 11) is 3.87. The molecule has 2 fully saturated rings. The number of anilines is 2. The van der Waals surface area contributed by atoms with E-state index < -0.39 is 12.1 Å². The largest absolute Gasteiger partial charge is 0.436 e. The number of aromatic nitrogens is 3. The van der Waals surface area contributed by atoms with Crippen LogP contribution in [0.1, 0.15) is 67.7 Å². The van der Waals surface area contributed by atoms with E-state index in [-0.39, 0.29) is 29.8 Å². The zero-order valence-corrected chi connectivity index (χ0v) is 33.5. The average Bonchev–Trinajstić information content (AvgIpc) is 4.07. The molecule has 6 aromatic rings. The number of carbonyl (C=O) groups is 3. The Labute approximate surface area is 343 Å². The number of nitrogens with zero attached hydrogens (tertiary/aromatic N) is 5. The van der Waals surface area contributed by atoms with E-state index in [1.807, 2.05) is 121 Å². The molecule has 13 nitrogen and oxygen atoms in total. The van der Waals surface area contributed by atoms with E-state index in [2.05, 4.69) is 27.2 Å². The third kappa shape index (κ3) is 7.93. The summed E-state index contributed by atoms with van der Waals surface area (Å²) in [4.78, 5) is 58.9. The van der Waals surface area contributed by atoms with Crippen molar-refractivity contribution in [3.63, 3.8) is 0 Å². The number of fused-ring (bicyclic) bond motifs is 1. The molecule has 302 valence electrons. The normalized spacial score (nSPS) is 17.6. The van der Waals surface area contributed by atoms with Gasteiger partial charge in [-0.25, -0.2) is 9.97 Å². The van der Waals surface area contributed by atoms with Crippen molar-refractivity contribution in [3.8, 4) is 22.8 Å². The first kappa shape index (κ1) is 39.1. The lowest BCUT2D eigenvalue weighted by Gasteiger charge is -2.31. The zero-order valence-electron chi connectivity index (χ0n) is 33.5. The number of hydrogen-bond acceptors (Lipinski definition) is 9. The molecule has 0 unspecified atom stereocenters. The molecule has 4 aromatic carbocycles. The highest BCUT2D eigenvalue weighted by Crippen LogP contribution is 2.38. The maximum absolute atomic E-state index is 14.1. The van der Waals surface area contributed by atoms with Crippen LogP contribution in [0.25, 0.3) is 33.8 Å². The van der Waals surface area contributed by atoms with Crippen LogP contribution >= 0.6 is 0 Å². The number of hydrogen-bond donors (Lipinski definition) is 4. The summed E-state index contributed by atoms with van der Waals surface area (Å²) in [6.07, 6.45) is 4.90. The van der Waals surface area contributed by atoms with Crippen molar-refractivity contribution in [2.45, 2.75) is 56.8 Å². The van der Waals surface area contributed by atoms with Crippen molar-refractivity contribution in [2.24, 2.45) is 0 Å². The summed E-state index contributed by atoms with van der Waals surface area (Å²) >= 11 is 0. The number of amides is 3. The molecule has 5 N–H and O–H groups in total. The van der Waals surface area contributed by atoms with Crippen LogP contribution in [-0.2, 0) is 14.4 Å². The lowest BCUT2D eigenvalue weighted by molar-refractivity contribution is -0.137. The number of aromatic amines is 1. The maximum atomic E-state index is 14.1. The number of H-pyrrole nitrogens is 1. The first-order valence-electron chi connectivity index (χ1n) is 20.0. The number of nitrogen functional groups attached to an aromatic ring is 1. The molecule has 2 aliphatic heterocycles. The van der Waals surface area contributed by atoms with Crippen molar-refractivity contribution in [1.29, 1.82) is 0 Å². The molecule has 13 heteroatoms. The van der Waals surface area contributed by atoms with Gasteiger partial charge >= 0.3 is 0 Å². The van der Waals surface area contributed by atoms with Gasteiger partial charge in [0, 0.05) is 31.3 Å². The molecular weight excluding hydrogens is 743 g/mol. The van der Waals surface area contributed by atoms with E-state index in [1.165, 1.54) is 6.92 Å². The molecule has 0 saturated carbocycles. The monoisotopic (exact) mass is 791 g/mol. The summed E-state index contributed by atoms with van der Waals surface area (Å²) in [5.74, 6) is 1.27. The Balaban J connectivity index is 0.978. The van der Waals surface area contributed by atoms with E-state index >= 15 is 0 Å². The molecule has 0 radical (unpaired) electrons. The first-order chi connectivity index (χ1) is 28.6. The first-order valence-corrected chi connectivity index (χ1v) is 20.0.